The summed E-state index contributed by atoms with van der Waals surface area (Å²) in [7, 11) is 0. The van der Waals surface area contributed by atoms with Gasteiger partial charge in [0.1, 0.15) is 5.54 Å². The smallest absolute Gasteiger partial charge is 0.337 e. The van der Waals surface area contributed by atoms with Gasteiger partial charge in [-0.3, -0.25) is 14.6 Å². The molecule has 1 aliphatic carbocycles. The van der Waals surface area contributed by atoms with E-state index in [2.05, 4.69) is 16.3 Å². The van der Waals surface area contributed by atoms with Crippen molar-refractivity contribution in [2.75, 3.05) is 32.7 Å². The van der Waals surface area contributed by atoms with Crippen LogP contribution in [-0.4, -0.2) is 54.0 Å². The van der Waals surface area contributed by atoms with Crippen LogP contribution in [0.5, 0.6) is 0 Å². The minimum absolute atomic E-state index is 0.130. The molecule has 1 aromatic rings. The first-order valence-electron chi connectivity index (χ1n) is 9.63. The molecule has 1 heterocycles. The molecule has 0 bridgehead atoms. The van der Waals surface area contributed by atoms with E-state index >= 15 is 0 Å². The van der Waals surface area contributed by atoms with Crippen molar-refractivity contribution in [3.8, 4) is 6.07 Å². The number of alkyl halides is 3. The Bertz CT molecular complexity index is 730. The summed E-state index contributed by atoms with van der Waals surface area (Å²) in [6.45, 7) is 3.43. The summed E-state index contributed by atoms with van der Waals surface area (Å²) in [5.74, 6) is -0.130. The second-order valence-corrected chi connectivity index (χ2v) is 7.70. The third-order valence-electron chi connectivity index (χ3n) is 5.54. The largest absolute Gasteiger partial charge is 0.416 e. The number of carbonyl (C=O) groups excluding carboxylic acids is 1. The summed E-state index contributed by atoms with van der Waals surface area (Å²) in [6.07, 6.45) is -0.994. The molecule has 1 aromatic carbocycles. The first-order valence-corrected chi connectivity index (χ1v) is 9.63. The van der Waals surface area contributed by atoms with Crippen molar-refractivity contribution in [2.45, 2.75) is 43.9 Å². The van der Waals surface area contributed by atoms with Gasteiger partial charge < -0.3 is 5.32 Å². The van der Waals surface area contributed by atoms with Crippen LogP contribution in [-0.2, 0) is 17.5 Å². The maximum Gasteiger partial charge on any atom is 0.416 e. The molecule has 152 valence electrons. The predicted molar refractivity (Wildman–Crippen MR) is 98.1 cm³/mol. The Balaban J connectivity index is 1.46. The lowest BCUT2D eigenvalue weighted by molar-refractivity contribution is -0.137. The van der Waals surface area contributed by atoms with E-state index in [1.54, 1.807) is 6.07 Å². The molecule has 0 spiro atoms. The quantitative estimate of drug-likeness (QED) is 0.834. The monoisotopic (exact) mass is 394 g/mol. The van der Waals surface area contributed by atoms with E-state index in [1.165, 1.54) is 12.1 Å². The van der Waals surface area contributed by atoms with Crippen LogP contribution >= 0.6 is 0 Å². The molecule has 1 N–H and O–H groups in total. The van der Waals surface area contributed by atoms with Crippen molar-refractivity contribution >= 4 is 5.91 Å². The summed E-state index contributed by atoms with van der Waals surface area (Å²) in [6, 6.07) is 7.68. The fourth-order valence-corrected chi connectivity index (χ4v) is 3.96. The second kappa shape index (κ2) is 8.50. The average molecular weight is 394 g/mol. The fraction of sp³-hybridized carbons (Fsp3) is 0.600. The summed E-state index contributed by atoms with van der Waals surface area (Å²) in [5, 5.41) is 12.3. The molecule has 3 rings (SSSR count). The number of halogens is 3. The van der Waals surface area contributed by atoms with E-state index < -0.39 is 17.3 Å². The number of carbonyl (C=O) groups is 1. The number of amides is 1. The van der Waals surface area contributed by atoms with Crippen LogP contribution in [0.1, 0.15) is 36.8 Å². The van der Waals surface area contributed by atoms with Gasteiger partial charge in [-0.1, -0.05) is 18.2 Å². The molecular formula is C20H25F3N4O. The van der Waals surface area contributed by atoms with Crippen molar-refractivity contribution in [3.05, 3.63) is 35.4 Å². The Hall–Kier alpha value is -2.11. The molecule has 0 aromatic heterocycles. The van der Waals surface area contributed by atoms with Crippen molar-refractivity contribution in [1.82, 2.24) is 15.1 Å². The molecule has 1 saturated carbocycles. The highest BCUT2D eigenvalue weighted by Crippen LogP contribution is 2.30. The van der Waals surface area contributed by atoms with Crippen LogP contribution < -0.4 is 5.32 Å². The van der Waals surface area contributed by atoms with E-state index in [1.807, 2.05) is 4.90 Å². The highest BCUT2D eigenvalue weighted by molar-refractivity contribution is 5.79. The van der Waals surface area contributed by atoms with Gasteiger partial charge in [-0.15, -0.1) is 0 Å². The van der Waals surface area contributed by atoms with Gasteiger partial charge in [0, 0.05) is 32.7 Å². The zero-order chi connectivity index (χ0) is 20.2. The number of benzene rings is 1. The number of piperazine rings is 1. The summed E-state index contributed by atoms with van der Waals surface area (Å²) < 4.78 is 38.5. The van der Waals surface area contributed by atoms with E-state index in [0.717, 1.165) is 18.9 Å². The highest BCUT2D eigenvalue weighted by Gasteiger charge is 2.35. The summed E-state index contributed by atoms with van der Waals surface area (Å²) in [4.78, 5) is 16.4. The van der Waals surface area contributed by atoms with Crippen molar-refractivity contribution in [3.63, 3.8) is 0 Å². The molecule has 1 saturated heterocycles. The molecule has 8 heteroatoms. The second-order valence-electron chi connectivity index (χ2n) is 7.70. The van der Waals surface area contributed by atoms with E-state index in [9.17, 15) is 23.2 Å². The molecule has 0 atom stereocenters. The highest BCUT2D eigenvalue weighted by atomic mass is 19.4. The summed E-state index contributed by atoms with van der Waals surface area (Å²) in [5.41, 5.74) is -0.695. The molecule has 1 amide bonds. The van der Waals surface area contributed by atoms with Crippen molar-refractivity contribution in [1.29, 1.82) is 5.26 Å². The number of nitrogens with one attached hydrogen (secondary N) is 1. The number of hydrogen-bond acceptors (Lipinski definition) is 4. The van der Waals surface area contributed by atoms with Gasteiger partial charge in [0.2, 0.25) is 5.91 Å². The van der Waals surface area contributed by atoms with Crippen molar-refractivity contribution < 1.29 is 18.0 Å². The number of rotatable bonds is 5. The van der Waals surface area contributed by atoms with Gasteiger partial charge in [-0.2, -0.15) is 18.4 Å². The minimum atomic E-state index is -4.33. The third-order valence-corrected chi connectivity index (χ3v) is 5.54. The molecule has 2 fully saturated rings. The number of hydrogen-bond donors (Lipinski definition) is 1. The van der Waals surface area contributed by atoms with Crippen molar-refractivity contribution in [2.24, 2.45) is 0 Å². The van der Waals surface area contributed by atoms with Crippen LogP contribution in [0.25, 0.3) is 0 Å². The molecule has 28 heavy (non-hydrogen) atoms. The van der Waals surface area contributed by atoms with Crippen LogP contribution in [0.4, 0.5) is 13.2 Å². The zero-order valence-corrected chi connectivity index (χ0v) is 15.8. The average Bonchev–Trinajstić information content (AvgIpc) is 3.12. The SMILES string of the molecule is N#CC1(NC(=O)CN2CCN(Cc3cccc(C(F)(F)F)c3)CC2)CCCC1. The van der Waals surface area contributed by atoms with Gasteiger partial charge in [-0.25, -0.2) is 0 Å². The molecular weight excluding hydrogens is 369 g/mol. The van der Waals surface area contributed by atoms with Gasteiger partial charge >= 0.3 is 6.18 Å². The topological polar surface area (TPSA) is 59.4 Å². The van der Waals surface area contributed by atoms with E-state index in [0.29, 0.717) is 51.1 Å². The molecule has 0 radical (unpaired) electrons. The molecule has 1 aliphatic heterocycles. The lowest BCUT2D eigenvalue weighted by atomic mass is 10.00. The summed E-state index contributed by atoms with van der Waals surface area (Å²) >= 11 is 0. The van der Waals surface area contributed by atoms with Gasteiger partial charge in [-0.05, 0) is 37.3 Å². The maximum atomic E-state index is 12.8. The Labute approximate surface area is 163 Å². The van der Waals surface area contributed by atoms with E-state index in [4.69, 9.17) is 0 Å². The Morgan fingerprint density at radius 3 is 2.39 bits per heavy atom. The standard InChI is InChI=1S/C20H25F3N4O/c21-20(22,23)17-5-3-4-16(12-17)13-26-8-10-27(11-9-26)14-18(28)25-19(15-24)6-1-2-7-19/h3-5,12H,1-2,6-11,13-14H2,(H,25,28). The Morgan fingerprint density at radius 1 is 1.14 bits per heavy atom. The normalized spacial score (nSPS) is 20.6. The fourth-order valence-electron chi connectivity index (χ4n) is 3.96. The number of nitriles is 1. The minimum Gasteiger partial charge on any atom is -0.337 e. The predicted octanol–water partition coefficient (Wildman–Crippen LogP) is 2.78. The lowest BCUT2D eigenvalue weighted by Gasteiger charge is -2.35. The third kappa shape index (κ3) is 5.24. The lowest BCUT2D eigenvalue weighted by Crippen LogP contribution is -2.52. The molecule has 2 aliphatic rings. The maximum absolute atomic E-state index is 12.8. The number of nitrogens with zero attached hydrogens (tertiary/aromatic N) is 3. The first-order chi connectivity index (χ1) is 13.3. The van der Waals surface area contributed by atoms with Crippen LogP contribution in [0.2, 0.25) is 0 Å². The molecule has 0 unspecified atom stereocenters. The van der Waals surface area contributed by atoms with Gasteiger partial charge in [0.15, 0.2) is 0 Å². The zero-order valence-electron chi connectivity index (χ0n) is 15.8. The van der Waals surface area contributed by atoms with Crippen LogP contribution in [0.3, 0.4) is 0 Å². The van der Waals surface area contributed by atoms with E-state index in [-0.39, 0.29) is 12.5 Å². The van der Waals surface area contributed by atoms with Crippen LogP contribution in [0.15, 0.2) is 24.3 Å². The van der Waals surface area contributed by atoms with Gasteiger partial charge in [0.05, 0.1) is 18.2 Å². The van der Waals surface area contributed by atoms with Crippen LogP contribution in [0, 0.1) is 11.3 Å². The van der Waals surface area contributed by atoms with Gasteiger partial charge in [0.25, 0.3) is 0 Å². The Kier molecular flexibility index (Phi) is 6.26. The Morgan fingerprint density at radius 2 is 1.79 bits per heavy atom. The first kappa shape index (κ1) is 20.6. The molecule has 5 nitrogen and oxygen atoms in total.